The molecule has 34 heteroatoms. The predicted octanol–water partition coefficient (Wildman–Crippen LogP) is 16.3. The van der Waals surface area contributed by atoms with Crippen molar-refractivity contribution in [2.45, 2.75) is 132 Å². The molecule has 17 rings (SSSR count). The van der Waals surface area contributed by atoms with Crippen molar-refractivity contribution in [2.24, 2.45) is 0 Å². The van der Waals surface area contributed by atoms with E-state index in [1.807, 2.05) is 216 Å². The lowest BCUT2D eigenvalue weighted by molar-refractivity contribution is 0.00578. The van der Waals surface area contributed by atoms with E-state index in [4.69, 9.17) is 66.2 Å². The molecule has 14 heterocycles. The Kier molecular flexibility index (Phi) is 28.7. The van der Waals surface area contributed by atoms with Crippen LogP contribution in [0.4, 0.5) is 27.0 Å². The minimum absolute atomic E-state index is 0.0820. The number of aromatic nitrogens is 15. The van der Waals surface area contributed by atoms with Crippen LogP contribution in [0, 0.1) is 0 Å². The molecule has 0 radical (unpaired) electrons. The first kappa shape index (κ1) is 91.7. The number of benzene rings is 3. The maximum Gasteiger partial charge on any atom is 0.497 e. The Morgan fingerprint density at radius 3 is 1.39 bits per heavy atom. The number of carbonyl (C=O) groups excluding carboxylic acids is 5. The summed E-state index contributed by atoms with van der Waals surface area (Å²) in [7, 11) is 5.32. The molecule has 0 atom stereocenters. The smallest absolute Gasteiger partial charge is 0.462 e. The van der Waals surface area contributed by atoms with Crippen LogP contribution in [0.15, 0.2) is 201 Å². The molecule has 2 aliphatic rings. The number of rotatable bonds is 19. The maximum absolute atomic E-state index is 13.1. The molecular formula is C93H104BCl2N19O12. The highest BCUT2D eigenvalue weighted by Crippen LogP contribution is 2.39. The number of esters is 2. The van der Waals surface area contributed by atoms with Crippen LogP contribution in [0.1, 0.15) is 138 Å². The van der Waals surface area contributed by atoms with Gasteiger partial charge in [0.05, 0.1) is 73.2 Å². The largest absolute Gasteiger partial charge is 0.497 e. The number of Topliss-reactive ketones (excluding diaryl/α,β-unsaturated/α-hetero) is 1. The first-order valence-corrected chi connectivity index (χ1v) is 42.6. The van der Waals surface area contributed by atoms with Crippen molar-refractivity contribution in [1.82, 2.24) is 77.8 Å². The van der Waals surface area contributed by atoms with E-state index in [-0.39, 0.29) is 24.6 Å². The summed E-state index contributed by atoms with van der Waals surface area (Å²) >= 11 is 11.7. The number of hydrogen-bond donors (Lipinski definition) is 1. The van der Waals surface area contributed by atoms with Gasteiger partial charge in [-0.3, -0.25) is 9.69 Å². The Balaban J connectivity index is 0.000000143. The summed E-state index contributed by atoms with van der Waals surface area (Å²) in [5.74, 6) is 2.00. The number of nitrogens with zero attached hydrogens (tertiary/aromatic N) is 18. The van der Waals surface area contributed by atoms with Gasteiger partial charge in [0, 0.05) is 154 Å². The molecule has 0 saturated carbocycles. The molecule has 0 amide bonds. The maximum atomic E-state index is 13.1. The fourth-order valence-electron chi connectivity index (χ4n) is 14.2. The van der Waals surface area contributed by atoms with Crippen LogP contribution < -0.4 is 20.2 Å². The zero-order chi connectivity index (χ0) is 90.7. The molecule has 0 unspecified atom stereocenters. The van der Waals surface area contributed by atoms with Gasteiger partial charge in [0.2, 0.25) is 0 Å². The van der Waals surface area contributed by atoms with Crippen LogP contribution in [0.5, 0.6) is 0 Å². The van der Waals surface area contributed by atoms with Crippen LogP contribution in [-0.2, 0) is 52.6 Å². The lowest BCUT2D eigenvalue weighted by Crippen LogP contribution is -2.41. The quantitative estimate of drug-likeness (QED) is 0.0196. The van der Waals surface area contributed by atoms with Crippen molar-refractivity contribution in [3.63, 3.8) is 0 Å². The van der Waals surface area contributed by atoms with E-state index in [1.54, 1.807) is 70.5 Å². The number of ether oxygens (including phenoxy) is 5. The van der Waals surface area contributed by atoms with Gasteiger partial charge in [-0.25, -0.2) is 58.2 Å². The first-order valence-electron chi connectivity index (χ1n) is 41.7. The number of ketones is 1. The highest BCUT2D eigenvalue weighted by molar-refractivity contribution is 6.65. The van der Waals surface area contributed by atoms with Gasteiger partial charge >= 0.3 is 31.2 Å². The van der Waals surface area contributed by atoms with Crippen molar-refractivity contribution < 1.29 is 57.0 Å². The predicted molar refractivity (Wildman–Crippen MR) is 492 cm³/mol. The number of alkyl halides is 1. The SMILES string of the molecule is CC(=O)c1cnn2c(N(C)Cc3ccccc3)cc(Cl)nc12.CC(C)(C)OC(=O)n1cc(B2OC(C)(C)C(C)(C)O2)c2cccnc21.CCOC(=O)c1cnn2c(N(C)Cc3ccccc3)cc(-c3c[nH]c4ncccc34)nc12.CCOC(=O)c1cnn2c(N(C)Cc3ccccc3)cc(-c3cn(C(=O)OC(C)(C)C)c4ncccc34)nc12.ClCCN1CCOCC1. The Hall–Kier alpha value is -13.0. The third-order valence-electron chi connectivity index (χ3n) is 21.0. The number of anilines is 3. The van der Waals surface area contributed by atoms with Gasteiger partial charge in [-0.1, -0.05) is 109 Å². The fourth-order valence-corrected chi connectivity index (χ4v) is 14.6. The summed E-state index contributed by atoms with van der Waals surface area (Å²) in [5.41, 5.74) is 8.95. The number of hydrogen-bond acceptors (Lipinski definition) is 25. The molecule has 12 aromatic heterocycles. The van der Waals surface area contributed by atoms with Crippen molar-refractivity contribution in [1.29, 1.82) is 0 Å². The standard InChI is InChI=1S/C29H30N6O4.C24H22N6O2.C18H25BN2O4.C16H15ClN4O.C6H12ClNO/c1-6-38-27(36)21-16-31-35-24(33(5)17-19-11-8-7-9-12-19)15-23(32-26(21)35)22-18-34(28(37)39-29(2,3)4)25-20(22)13-10-14-30-25;1-3-32-24(31)19-14-27-30-21(29(2)15-16-8-5-4-6-9-16)12-20(28-23(19)30)18-13-26-22-17(18)10-7-11-25-22;1-16(2,3)23-15(22)21-11-13(12-9-8-10-20-14(12)21)19-24-17(4,5)18(6,7)25-19;1-11(22)13-9-18-21-15(8-14(17)19-16(13)21)20(2)10-12-6-4-3-5-7-12;7-1-2-8-3-5-9-6-4-8/h7-16,18H,6,17H2,1-5H3;4-14H,3,15H2,1-2H3,(H,25,26);8-11H,1-7H3;3-9H,10H2,1-2H3;1-6H2. The molecule has 127 heavy (non-hydrogen) atoms. The van der Waals surface area contributed by atoms with E-state index in [0.29, 0.717) is 86.6 Å². The van der Waals surface area contributed by atoms with Crippen LogP contribution in [0.3, 0.4) is 0 Å². The highest BCUT2D eigenvalue weighted by atomic mass is 35.5. The van der Waals surface area contributed by atoms with E-state index in [0.717, 1.165) is 94.6 Å². The van der Waals surface area contributed by atoms with Crippen LogP contribution in [0.2, 0.25) is 5.15 Å². The monoisotopic (exact) mass is 1760 g/mol. The highest BCUT2D eigenvalue weighted by Gasteiger charge is 2.53. The van der Waals surface area contributed by atoms with Gasteiger partial charge in [-0.2, -0.15) is 28.8 Å². The van der Waals surface area contributed by atoms with E-state index in [2.05, 4.69) is 74.3 Å². The third kappa shape index (κ3) is 21.6. The normalized spacial score (nSPS) is 13.7. The summed E-state index contributed by atoms with van der Waals surface area (Å²) in [6.45, 7) is 31.3. The van der Waals surface area contributed by atoms with Gasteiger partial charge in [0.15, 0.2) is 22.7 Å². The molecule has 2 saturated heterocycles. The molecule has 0 aliphatic carbocycles. The summed E-state index contributed by atoms with van der Waals surface area (Å²) in [5, 5.41) is 16.0. The Morgan fingerprint density at radius 1 is 0.520 bits per heavy atom. The number of nitrogens with one attached hydrogen (secondary N) is 1. The third-order valence-corrected chi connectivity index (χ3v) is 21.4. The minimum Gasteiger partial charge on any atom is -0.462 e. The molecule has 0 bridgehead atoms. The van der Waals surface area contributed by atoms with Gasteiger partial charge in [-0.05, 0) is 137 Å². The van der Waals surface area contributed by atoms with E-state index in [9.17, 15) is 24.0 Å². The summed E-state index contributed by atoms with van der Waals surface area (Å²) in [6, 6.07) is 47.2. The van der Waals surface area contributed by atoms with Crippen LogP contribution >= 0.6 is 23.2 Å². The van der Waals surface area contributed by atoms with Crippen molar-refractivity contribution in [3.8, 4) is 22.5 Å². The lowest BCUT2D eigenvalue weighted by Gasteiger charge is -2.32. The zero-order valence-corrected chi connectivity index (χ0v) is 75.6. The Morgan fingerprint density at radius 2 is 0.937 bits per heavy atom. The number of halogens is 2. The number of H-pyrrole nitrogens is 1. The molecule has 0 spiro atoms. The minimum atomic E-state index is -0.681. The second kappa shape index (κ2) is 39.7. The van der Waals surface area contributed by atoms with E-state index >= 15 is 0 Å². The van der Waals surface area contributed by atoms with E-state index in [1.165, 1.54) is 40.2 Å². The average Bonchev–Trinajstić information content (AvgIpc) is 1.60. The molecule has 31 nitrogen and oxygen atoms in total. The first-order chi connectivity index (χ1) is 60.7. The molecule has 1 N–H and O–H groups in total. The van der Waals surface area contributed by atoms with Gasteiger partial charge in [0.25, 0.3) is 0 Å². The van der Waals surface area contributed by atoms with Crippen molar-refractivity contribution in [2.75, 3.05) is 87.8 Å². The summed E-state index contributed by atoms with van der Waals surface area (Å²) < 4.78 is 46.8. The topological polar surface area (TPSA) is 318 Å². The Labute approximate surface area is 746 Å². The molecule has 15 aromatic rings. The molecule has 660 valence electrons. The average molecular weight is 1760 g/mol. The second-order valence-electron chi connectivity index (χ2n) is 33.2. The van der Waals surface area contributed by atoms with Crippen LogP contribution in [-0.4, -0.2) is 210 Å². The van der Waals surface area contributed by atoms with Gasteiger partial charge in [0.1, 0.15) is 61.9 Å². The molecule has 2 fully saturated rings. The Bertz CT molecular complexity index is 6380. The number of carbonyl (C=O) groups is 5. The molecule has 2 aliphatic heterocycles. The van der Waals surface area contributed by atoms with Gasteiger partial charge < -0.3 is 52.7 Å². The number of fused-ring (bicyclic) bond motifs is 6. The summed E-state index contributed by atoms with van der Waals surface area (Å²) in [4.78, 5) is 101. The second-order valence-corrected chi connectivity index (χ2v) is 34.0. The van der Waals surface area contributed by atoms with Crippen LogP contribution in [0.25, 0.3) is 72.6 Å². The van der Waals surface area contributed by atoms with Crippen molar-refractivity contribution in [3.05, 3.63) is 240 Å². The van der Waals surface area contributed by atoms with Crippen molar-refractivity contribution >= 4 is 133 Å². The molecular weight excluding hydrogens is 1660 g/mol. The summed E-state index contributed by atoms with van der Waals surface area (Å²) in [6.07, 6.45) is 13.8. The van der Waals surface area contributed by atoms with Gasteiger partial charge in [-0.15, -0.1) is 11.6 Å². The fraction of sp³-hybridized carbons (Fsp3) is 0.333. The van der Waals surface area contributed by atoms with E-state index < -0.39 is 53.6 Å². The number of morpholine rings is 1. The number of aromatic amines is 1. The number of pyridine rings is 3. The lowest BCUT2D eigenvalue weighted by atomic mass is 9.79. The molecule has 3 aromatic carbocycles. The zero-order valence-electron chi connectivity index (χ0n) is 74.1.